The van der Waals surface area contributed by atoms with Crippen molar-refractivity contribution in [3.05, 3.63) is 63.5 Å². The van der Waals surface area contributed by atoms with Gasteiger partial charge in [-0.15, -0.1) is 11.8 Å². The first-order valence-corrected chi connectivity index (χ1v) is 11.3. The number of nitrogens with zero attached hydrogens (tertiary/aromatic N) is 2. The van der Waals surface area contributed by atoms with Crippen molar-refractivity contribution in [3.8, 4) is 0 Å². The molecule has 1 fully saturated rings. The molecule has 0 spiro atoms. The first kappa shape index (κ1) is 19.6. The number of benzene rings is 2. The van der Waals surface area contributed by atoms with Crippen LogP contribution in [0.3, 0.4) is 0 Å². The van der Waals surface area contributed by atoms with E-state index in [1.54, 1.807) is 0 Å². The Balaban J connectivity index is 1.46. The van der Waals surface area contributed by atoms with Crippen molar-refractivity contribution >= 4 is 34.4 Å². The zero-order valence-electron chi connectivity index (χ0n) is 16.3. The molecule has 1 saturated heterocycles. The van der Waals surface area contributed by atoms with Gasteiger partial charge in [0, 0.05) is 35.1 Å². The van der Waals surface area contributed by atoms with Crippen LogP contribution in [0, 0.1) is 0 Å². The highest BCUT2D eigenvalue weighted by molar-refractivity contribution is 7.99. The van der Waals surface area contributed by atoms with E-state index in [1.807, 2.05) is 34.5 Å². The van der Waals surface area contributed by atoms with Gasteiger partial charge in [0.2, 0.25) is 0 Å². The lowest BCUT2D eigenvalue weighted by atomic mass is 10.00. The minimum absolute atomic E-state index is 0.0345. The van der Waals surface area contributed by atoms with Crippen LogP contribution < -0.4 is 5.69 Å². The smallest absolute Gasteiger partial charge is 0.305 e. The summed E-state index contributed by atoms with van der Waals surface area (Å²) in [6, 6.07) is 15.2. The van der Waals surface area contributed by atoms with Gasteiger partial charge in [0.25, 0.3) is 0 Å². The van der Waals surface area contributed by atoms with Crippen molar-refractivity contribution in [2.75, 3.05) is 18.8 Å². The molecule has 2 aromatic carbocycles. The first-order valence-electron chi connectivity index (χ1n) is 9.93. The Morgan fingerprint density at radius 2 is 1.89 bits per heavy atom. The van der Waals surface area contributed by atoms with Crippen molar-refractivity contribution < 1.29 is 0 Å². The Bertz CT molecular complexity index is 1000. The average molecular weight is 416 g/mol. The molecule has 4 nitrogen and oxygen atoms in total. The topological polar surface area (TPSA) is 41.0 Å². The number of piperidine rings is 1. The van der Waals surface area contributed by atoms with E-state index >= 15 is 0 Å². The molecule has 1 aromatic heterocycles. The number of aromatic nitrogens is 2. The molecule has 1 N–H and O–H groups in total. The van der Waals surface area contributed by atoms with Gasteiger partial charge in [-0.3, -0.25) is 9.47 Å². The average Bonchev–Trinajstić information content (AvgIpc) is 3.03. The number of hydrogen-bond donors (Lipinski definition) is 1. The number of nitrogens with one attached hydrogen (secondary N) is 1. The monoisotopic (exact) mass is 415 g/mol. The second kappa shape index (κ2) is 8.36. The molecule has 3 aromatic rings. The summed E-state index contributed by atoms with van der Waals surface area (Å²) in [5, 5.41) is 0.646. The van der Waals surface area contributed by atoms with E-state index in [1.165, 1.54) is 10.5 Å². The van der Waals surface area contributed by atoms with E-state index < -0.39 is 0 Å². The highest BCUT2D eigenvalue weighted by Crippen LogP contribution is 2.31. The van der Waals surface area contributed by atoms with E-state index in [2.05, 4.69) is 48.0 Å². The number of imidazole rings is 1. The second-order valence-corrected chi connectivity index (χ2v) is 9.18. The number of halogens is 1. The molecule has 0 amide bonds. The quantitative estimate of drug-likeness (QED) is 0.560. The van der Waals surface area contributed by atoms with Crippen LogP contribution in [0.2, 0.25) is 5.02 Å². The third-order valence-corrected chi connectivity index (χ3v) is 6.89. The Morgan fingerprint density at radius 3 is 2.57 bits per heavy atom. The molecule has 2 heterocycles. The van der Waals surface area contributed by atoms with Crippen LogP contribution in [0.25, 0.3) is 11.0 Å². The number of fused-ring (bicyclic) bond motifs is 1. The van der Waals surface area contributed by atoms with E-state index in [0.29, 0.717) is 11.1 Å². The number of thioether (sulfide) groups is 1. The summed E-state index contributed by atoms with van der Waals surface area (Å²) in [5.74, 6) is 1.10. The van der Waals surface area contributed by atoms with Gasteiger partial charge in [0.15, 0.2) is 0 Å². The minimum Gasteiger partial charge on any atom is -0.305 e. The van der Waals surface area contributed by atoms with E-state index in [9.17, 15) is 4.79 Å². The van der Waals surface area contributed by atoms with Crippen LogP contribution in [0.4, 0.5) is 0 Å². The predicted octanol–water partition coefficient (Wildman–Crippen LogP) is 5.49. The summed E-state index contributed by atoms with van der Waals surface area (Å²) < 4.78 is 1.92. The minimum atomic E-state index is -0.0345. The zero-order chi connectivity index (χ0) is 19.7. The van der Waals surface area contributed by atoms with Crippen molar-refractivity contribution in [1.82, 2.24) is 14.5 Å². The number of hydrogen-bond acceptors (Lipinski definition) is 3. The van der Waals surface area contributed by atoms with Crippen LogP contribution in [0.15, 0.2) is 52.2 Å². The van der Waals surface area contributed by atoms with Gasteiger partial charge in [0.1, 0.15) is 0 Å². The summed E-state index contributed by atoms with van der Waals surface area (Å²) in [6.45, 7) is 6.44. The number of likely N-dealkylation sites (tertiary alicyclic amines) is 1. The Morgan fingerprint density at radius 1 is 1.18 bits per heavy atom. The molecule has 148 valence electrons. The molecule has 1 atom stereocenters. The molecular weight excluding hydrogens is 390 g/mol. The van der Waals surface area contributed by atoms with Gasteiger partial charge in [-0.25, -0.2) is 4.79 Å². The summed E-state index contributed by atoms with van der Waals surface area (Å²) >= 11 is 7.94. The maximum atomic E-state index is 12.5. The summed E-state index contributed by atoms with van der Waals surface area (Å²) in [4.78, 5) is 19.3. The molecule has 6 heteroatoms. The lowest BCUT2D eigenvalue weighted by Crippen LogP contribution is -2.38. The lowest BCUT2D eigenvalue weighted by molar-refractivity contribution is 0.144. The third-order valence-electron chi connectivity index (χ3n) is 5.76. The largest absolute Gasteiger partial charge is 0.326 e. The molecule has 1 unspecified atom stereocenters. The van der Waals surface area contributed by atoms with Gasteiger partial charge in [0.05, 0.1) is 11.0 Å². The van der Waals surface area contributed by atoms with Gasteiger partial charge in [-0.05, 0) is 61.4 Å². The van der Waals surface area contributed by atoms with E-state index in [-0.39, 0.29) is 11.7 Å². The number of H-pyrrole nitrogens is 1. The van der Waals surface area contributed by atoms with Crippen LogP contribution in [0.1, 0.15) is 44.3 Å². The zero-order valence-corrected chi connectivity index (χ0v) is 17.9. The van der Waals surface area contributed by atoms with Crippen molar-refractivity contribution in [2.24, 2.45) is 0 Å². The highest BCUT2D eigenvalue weighted by Gasteiger charge is 2.26. The van der Waals surface area contributed by atoms with E-state index in [0.717, 1.165) is 42.7 Å². The molecule has 0 radical (unpaired) electrons. The summed E-state index contributed by atoms with van der Waals surface area (Å²) in [7, 11) is 0. The number of rotatable bonds is 5. The SMILES string of the molecule is CCSc1ccc(C(C)N2CCC(n3c(=O)[nH]c4cc(Cl)ccc43)CC2)cc1. The summed E-state index contributed by atoms with van der Waals surface area (Å²) in [5.41, 5.74) is 3.09. The molecule has 28 heavy (non-hydrogen) atoms. The fraction of sp³-hybridized carbons (Fsp3) is 0.409. The Hall–Kier alpha value is -1.69. The fourth-order valence-electron chi connectivity index (χ4n) is 4.22. The third kappa shape index (κ3) is 3.88. The van der Waals surface area contributed by atoms with Crippen LogP contribution in [-0.4, -0.2) is 33.3 Å². The van der Waals surface area contributed by atoms with E-state index in [4.69, 9.17) is 11.6 Å². The molecule has 4 rings (SSSR count). The fourth-order valence-corrected chi connectivity index (χ4v) is 5.05. The summed E-state index contributed by atoms with van der Waals surface area (Å²) in [6.07, 6.45) is 1.95. The molecule has 1 aliphatic rings. The Labute approximate surface area is 174 Å². The molecular formula is C22H26ClN3OS. The van der Waals surface area contributed by atoms with Crippen LogP contribution >= 0.6 is 23.4 Å². The van der Waals surface area contributed by atoms with Crippen molar-refractivity contribution in [3.63, 3.8) is 0 Å². The van der Waals surface area contributed by atoms with Gasteiger partial charge >= 0.3 is 5.69 Å². The molecule has 0 aliphatic carbocycles. The Kier molecular flexibility index (Phi) is 5.85. The van der Waals surface area contributed by atoms with Crippen LogP contribution in [0.5, 0.6) is 0 Å². The second-order valence-electron chi connectivity index (χ2n) is 7.41. The first-order chi connectivity index (χ1) is 13.6. The van der Waals surface area contributed by atoms with Crippen LogP contribution in [-0.2, 0) is 0 Å². The highest BCUT2D eigenvalue weighted by atomic mass is 35.5. The van der Waals surface area contributed by atoms with Gasteiger partial charge in [-0.2, -0.15) is 0 Å². The molecule has 1 aliphatic heterocycles. The normalized spacial score (nSPS) is 17.2. The van der Waals surface area contributed by atoms with Gasteiger partial charge < -0.3 is 4.98 Å². The van der Waals surface area contributed by atoms with Crippen molar-refractivity contribution in [2.45, 2.75) is 43.7 Å². The number of aromatic amines is 1. The molecule has 0 bridgehead atoms. The van der Waals surface area contributed by atoms with Crippen molar-refractivity contribution in [1.29, 1.82) is 0 Å². The maximum absolute atomic E-state index is 12.5. The standard InChI is InChI=1S/C22H26ClN3OS/c1-3-28-19-7-4-16(5-8-19)15(2)25-12-10-18(11-13-25)26-21-9-6-17(23)14-20(21)24-22(26)27/h4-9,14-15,18H,3,10-13H2,1-2H3,(H,24,27). The van der Waals surface area contributed by atoms with Gasteiger partial charge in [-0.1, -0.05) is 30.7 Å². The predicted molar refractivity (Wildman–Crippen MR) is 119 cm³/mol. The lowest BCUT2D eigenvalue weighted by Gasteiger charge is -2.36. The molecule has 0 saturated carbocycles. The maximum Gasteiger partial charge on any atom is 0.326 e.